The monoisotopic (exact) mass is 451 g/mol. The van der Waals surface area contributed by atoms with Gasteiger partial charge in [0.05, 0.1) is 19.6 Å². The highest BCUT2D eigenvalue weighted by Crippen LogP contribution is 2.16. The molecule has 1 aromatic carbocycles. The Kier molecular flexibility index (Phi) is 9.90. The summed E-state index contributed by atoms with van der Waals surface area (Å²) >= 11 is 0. The van der Waals surface area contributed by atoms with Gasteiger partial charge in [-0.15, -0.1) is 0 Å². The van der Waals surface area contributed by atoms with Gasteiger partial charge >= 0.3 is 5.69 Å². The Hall–Kier alpha value is -1.66. The molecule has 156 valence electrons. The summed E-state index contributed by atoms with van der Waals surface area (Å²) in [4.78, 5) is 23.9. The number of hydrogen-bond acceptors (Lipinski definition) is 2. The van der Waals surface area contributed by atoms with Gasteiger partial charge in [-0.2, -0.15) is 0 Å². The second kappa shape index (κ2) is 11.4. The molecule has 0 aliphatic rings. The number of rotatable bonds is 10. The van der Waals surface area contributed by atoms with Gasteiger partial charge in [0, 0.05) is 30.9 Å². The van der Waals surface area contributed by atoms with E-state index in [0.717, 1.165) is 55.6 Å². The molecule has 0 unspecified atom stereocenters. The lowest BCUT2D eigenvalue weighted by Crippen LogP contribution is -3.00. The van der Waals surface area contributed by atoms with Crippen LogP contribution in [-0.2, 0) is 20.1 Å². The molecule has 0 saturated heterocycles. The maximum atomic E-state index is 12.3. The van der Waals surface area contributed by atoms with Gasteiger partial charge in [0.1, 0.15) is 6.54 Å². The molecular weight excluding hydrogens is 418 g/mol. The molecule has 2 rings (SSSR count). The van der Waals surface area contributed by atoms with Gasteiger partial charge in [-0.05, 0) is 40.0 Å². The Balaban J connectivity index is 0.00000392. The number of benzene rings is 1. The molecule has 0 fully saturated rings. The normalized spacial score (nSPS) is 11.3. The maximum absolute atomic E-state index is 12.3. The molecule has 0 N–H and O–H groups in total. The van der Waals surface area contributed by atoms with E-state index in [4.69, 9.17) is 0 Å². The molecule has 6 heteroatoms. The molecule has 0 radical (unpaired) electrons. The summed E-state index contributed by atoms with van der Waals surface area (Å²) < 4.78 is 4.00. The summed E-state index contributed by atoms with van der Waals surface area (Å²) in [6, 6.07) is 12.3. The van der Waals surface area contributed by atoms with E-state index in [0.29, 0.717) is 6.54 Å². The minimum Gasteiger partial charge on any atom is -1.00 e. The van der Waals surface area contributed by atoms with Gasteiger partial charge in [0.25, 0.3) is 5.56 Å². The van der Waals surface area contributed by atoms with Gasteiger partial charge < -0.3 is 21.5 Å². The lowest BCUT2D eigenvalue weighted by atomic mass is 10.1. The summed E-state index contributed by atoms with van der Waals surface area (Å²) in [6.07, 6.45) is 3.19. The van der Waals surface area contributed by atoms with Crippen molar-refractivity contribution >= 4 is 0 Å². The van der Waals surface area contributed by atoms with Crippen LogP contribution in [0, 0.1) is 6.92 Å². The van der Waals surface area contributed by atoms with E-state index in [1.54, 1.807) is 11.6 Å². The largest absolute Gasteiger partial charge is 1.00 e. The Morgan fingerprint density at radius 2 is 1.61 bits per heavy atom. The highest BCUT2D eigenvalue weighted by atomic mass is 79.9. The maximum Gasteiger partial charge on any atom is 0.330 e. The zero-order chi connectivity index (χ0) is 19.9. The van der Waals surface area contributed by atoms with Crippen LogP contribution in [0.2, 0.25) is 0 Å². The third-order valence-electron chi connectivity index (χ3n) is 5.82. The molecule has 2 aromatic rings. The second-order valence-corrected chi connectivity index (χ2v) is 7.52. The summed E-state index contributed by atoms with van der Waals surface area (Å²) in [5.41, 5.74) is 1.70. The summed E-state index contributed by atoms with van der Waals surface area (Å²) in [5, 5.41) is 0. The van der Waals surface area contributed by atoms with Crippen LogP contribution in [0.3, 0.4) is 0 Å². The number of aryl methyl sites for hydroxylation is 1. The third kappa shape index (κ3) is 6.17. The number of halogens is 1. The van der Waals surface area contributed by atoms with Gasteiger partial charge in [0.15, 0.2) is 0 Å². The van der Waals surface area contributed by atoms with E-state index < -0.39 is 0 Å². The number of quaternary nitrogens is 1. The molecule has 0 amide bonds. The number of nitrogens with zero attached hydrogens (tertiary/aromatic N) is 3. The molecule has 0 bridgehead atoms. The summed E-state index contributed by atoms with van der Waals surface area (Å²) in [6.45, 7) is 11.6. The SMILES string of the molecule is CC[N+](CC)(CCCCCn1c(C)cc(=O)n(C)c1=O)Cc1ccccc1.[Br-]. The van der Waals surface area contributed by atoms with Crippen molar-refractivity contribution in [3.8, 4) is 0 Å². The van der Waals surface area contributed by atoms with E-state index in [-0.39, 0.29) is 28.2 Å². The molecule has 0 atom stereocenters. The Labute approximate surface area is 179 Å². The molecule has 0 aliphatic heterocycles. The van der Waals surface area contributed by atoms with E-state index in [1.165, 1.54) is 16.2 Å². The van der Waals surface area contributed by atoms with Crippen LogP contribution in [0.5, 0.6) is 0 Å². The highest BCUT2D eigenvalue weighted by Gasteiger charge is 2.23. The molecule has 1 aromatic heterocycles. The predicted octanol–water partition coefficient (Wildman–Crippen LogP) is 0.0865. The predicted molar refractivity (Wildman–Crippen MR) is 111 cm³/mol. The van der Waals surface area contributed by atoms with Crippen molar-refractivity contribution in [3.05, 3.63) is 68.5 Å². The first kappa shape index (κ1) is 24.4. The molecule has 0 aliphatic carbocycles. The van der Waals surface area contributed by atoms with Crippen LogP contribution in [0.25, 0.3) is 0 Å². The van der Waals surface area contributed by atoms with Crippen LogP contribution in [0.15, 0.2) is 46.0 Å². The van der Waals surface area contributed by atoms with Crippen LogP contribution < -0.4 is 28.2 Å². The first-order valence-corrected chi connectivity index (χ1v) is 10.1. The first-order chi connectivity index (χ1) is 12.9. The van der Waals surface area contributed by atoms with E-state index in [1.807, 2.05) is 6.92 Å². The van der Waals surface area contributed by atoms with E-state index in [2.05, 4.69) is 44.2 Å². The van der Waals surface area contributed by atoms with Gasteiger partial charge in [0.2, 0.25) is 0 Å². The topological polar surface area (TPSA) is 44.0 Å². The Bertz CT molecular complexity index is 839. The quantitative estimate of drug-likeness (QED) is 0.379. The van der Waals surface area contributed by atoms with Crippen molar-refractivity contribution in [1.82, 2.24) is 9.13 Å². The average Bonchev–Trinajstić information content (AvgIpc) is 2.68. The van der Waals surface area contributed by atoms with E-state index >= 15 is 0 Å². The minimum atomic E-state index is -0.234. The fourth-order valence-corrected chi connectivity index (χ4v) is 3.76. The van der Waals surface area contributed by atoms with Crippen LogP contribution >= 0.6 is 0 Å². The van der Waals surface area contributed by atoms with Crippen molar-refractivity contribution in [2.75, 3.05) is 19.6 Å². The fourth-order valence-electron chi connectivity index (χ4n) is 3.76. The van der Waals surface area contributed by atoms with Crippen molar-refractivity contribution < 1.29 is 21.5 Å². The van der Waals surface area contributed by atoms with E-state index in [9.17, 15) is 9.59 Å². The smallest absolute Gasteiger partial charge is 0.330 e. The standard InChI is InChI=1S/C22H34N3O2.BrH/c1-5-25(6-2,18-20-13-9-7-10-14-20)16-12-8-11-15-24-19(3)17-21(26)23(4)22(24)27;/h7,9-10,13-14,17H,5-6,8,11-12,15-16,18H2,1-4H3;1H/q+1;/p-1. The fraction of sp³-hybridized carbons (Fsp3) is 0.545. The van der Waals surface area contributed by atoms with Gasteiger partial charge in [-0.3, -0.25) is 13.9 Å². The minimum absolute atomic E-state index is 0. The lowest BCUT2D eigenvalue weighted by Gasteiger charge is -2.37. The summed E-state index contributed by atoms with van der Waals surface area (Å²) in [5.74, 6) is 0. The number of hydrogen-bond donors (Lipinski definition) is 0. The Morgan fingerprint density at radius 3 is 2.21 bits per heavy atom. The first-order valence-electron chi connectivity index (χ1n) is 10.1. The van der Waals surface area contributed by atoms with Crippen molar-refractivity contribution in [2.24, 2.45) is 7.05 Å². The second-order valence-electron chi connectivity index (χ2n) is 7.52. The van der Waals surface area contributed by atoms with Crippen LogP contribution in [-0.4, -0.2) is 33.3 Å². The number of unbranched alkanes of at least 4 members (excludes halogenated alkanes) is 2. The lowest BCUT2D eigenvalue weighted by molar-refractivity contribution is -0.938. The molecule has 0 spiro atoms. The van der Waals surface area contributed by atoms with Crippen LogP contribution in [0.1, 0.15) is 44.4 Å². The molecule has 5 nitrogen and oxygen atoms in total. The van der Waals surface area contributed by atoms with Crippen LogP contribution in [0.4, 0.5) is 0 Å². The zero-order valence-corrected chi connectivity index (χ0v) is 19.2. The molecular formula is C22H34BrN3O2. The third-order valence-corrected chi connectivity index (χ3v) is 5.82. The summed E-state index contributed by atoms with van der Waals surface area (Å²) in [7, 11) is 1.54. The average molecular weight is 452 g/mol. The molecule has 0 saturated carbocycles. The van der Waals surface area contributed by atoms with Gasteiger partial charge in [-0.1, -0.05) is 30.3 Å². The molecule has 28 heavy (non-hydrogen) atoms. The van der Waals surface area contributed by atoms with Crippen molar-refractivity contribution in [1.29, 1.82) is 0 Å². The highest BCUT2D eigenvalue weighted by molar-refractivity contribution is 5.13. The number of aromatic nitrogens is 2. The van der Waals surface area contributed by atoms with Crippen molar-refractivity contribution in [3.63, 3.8) is 0 Å². The Morgan fingerprint density at radius 1 is 0.964 bits per heavy atom. The molecule has 1 heterocycles. The van der Waals surface area contributed by atoms with Gasteiger partial charge in [-0.25, -0.2) is 4.79 Å². The zero-order valence-electron chi connectivity index (χ0n) is 17.7. The van der Waals surface area contributed by atoms with Crippen molar-refractivity contribution in [2.45, 2.75) is 53.1 Å².